The van der Waals surface area contributed by atoms with E-state index in [4.69, 9.17) is 14.5 Å². The minimum atomic E-state index is -3.08. The van der Waals surface area contributed by atoms with E-state index >= 15 is 0 Å². The molecule has 2 amide bonds. The van der Waals surface area contributed by atoms with Crippen LogP contribution in [0.15, 0.2) is 60.8 Å². The number of rotatable bonds is 4. The zero-order valence-corrected chi connectivity index (χ0v) is 29.7. The molecule has 0 radical (unpaired) electrons. The largest absolute Gasteiger partial charge is 0.444 e. The number of H-pyrrole nitrogens is 2. The third-order valence-corrected chi connectivity index (χ3v) is 9.04. The van der Waals surface area contributed by atoms with Gasteiger partial charge in [0, 0.05) is 18.2 Å². The molecule has 5 aromatic rings. The summed E-state index contributed by atoms with van der Waals surface area (Å²) in [6.07, 6.45) is -1.19. The summed E-state index contributed by atoms with van der Waals surface area (Å²) < 4.78 is 68.9. The van der Waals surface area contributed by atoms with E-state index in [1.165, 1.54) is 0 Å². The van der Waals surface area contributed by atoms with Crippen molar-refractivity contribution in [3.8, 4) is 22.4 Å². The van der Waals surface area contributed by atoms with Crippen LogP contribution in [-0.4, -0.2) is 78.1 Å². The smallest absolute Gasteiger partial charge is 0.411 e. The molecule has 10 nitrogen and oxygen atoms in total. The van der Waals surface area contributed by atoms with E-state index in [1.807, 2.05) is 54.6 Å². The number of carbonyl (C=O) groups is 2. The van der Waals surface area contributed by atoms with E-state index < -0.39 is 73.2 Å². The molecule has 14 heteroatoms. The van der Waals surface area contributed by atoms with Crippen LogP contribution >= 0.6 is 0 Å². The number of nitrogens with zero attached hydrogens (tertiary/aromatic N) is 4. The highest BCUT2D eigenvalue weighted by atomic mass is 19.3. The van der Waals surface area contributed by atoms with Gasteiger partial charge in [0.05, 0.1) is 48.1 Å². The Hall–Kier alpha value is -5.14. The monoisotopic (exact) mass is 720 g/mol. The normalized spacial score (nSPS) is 20.2. The second kappa shape index (κ2) is 12.2. The predicted molar refractivity (Wildman–Crippen MR) is 187 cm³/mol. The lowest BCUT2D eigenvalue weighted by Gasteiger charge is -2.27. The van der Waals surface area contributed by atoms with Gasteiger partial charge in [0.25, 0.3) is 11.8 Å². The van der Waals surface area contributed by atoms with Crippen LogP contribution in [0.2, 0.25) is 0 Å². The van der Waals surface area contributed by atoms with Gasteiger partial charge in [-0.1, -0.05) is 42.5 Å². The molecular weight excluding hydrogens is 680 g/mol. The number of amides is 2. The lowest BCUT2D eigenvalue weighted by Crippen LogP contribution is -2.38. The van der Waals surface area contributed by atoms with Crippen LogP contribution in [0.25, 0.3) is 44.2 Å². The van der Waals surface area contributed by atoms with Crippen LogP contribution in [0.3, 0.4) is 0 Å². The summed E-state index contributed by atoms with van der Waals surface area (Å²) in [5.74, 6) is -5.63. The molecule has 2 fully saturated rings. The number of halogens is 4. The van der Waals surface area contributed by atoms with E-state index in [0.717, 1.165) is 37.3 Å². The number of imidazole rings is 2. The number of aromatic nitrogens is 4. The van der Waals surface area contributed by atoms with Gasteiger partial charge in [-0.05, 0) is 75.8 Å². The van der Waals surface area contributed by atoms with E-state index in [0.29, 0.717) is 16.7 Å². The SMILES string of the molecule is CC(C)(C)OC(=O)N1CC(F)(F)C[C@H]1c1ncc(-c2ccc(-c3ccc4c(ccc5[nH]c([C@@H]6CC(F)(F)CN6C(=O)OC(C)(C)C)nc54)c3)cc2)[nH]1. The molecule has 0 saturated carbocycles. The third kappa shape index (κ3) is 7.15. The number of aromatic amines is 2. The van der Waals surface area contributed by atoms with Crippen molar-refractivity contribution < 1.29 is 36.6 Å². The highest BCUT2D eigenvalue weighted by Crippen LogP contribution is 2.43. The molecule has 0 spiro atoms. The summed E-state index contributed by atoms with van der Waals surface area (Å²) in [4.78, 5) is 43.1. The summed E-state index contributed by atoms with van der Waals surface area (Å²) in [6, 6.07) is 15.4. The second-order valence-electron chi connectivity index (χ2n) is 15.6. The van der Waals surface area contributed by atoms with Crippen molar-refractivity contribution in [2.45, 2.75) is 89.5 Å². The van der Waals surface area contributed by atoms with Crippen molar-refractivity contribution in [2.24, 2.45) is 0 Å². The van der Waals surface area contributed by atoms with Gasteiger partial charge in [-0.3, -0.25) is 9.80 Å². The summed E-state index contributed by atoms with van der Waals surface area (Å²) >= 11 is 0. The van der Waals surface area contributed by atoms with Gasteiger partial charge in [0.15, 0.2) is 0 Å². The Morgan fingerprint density at radius 2 is 1.27 bits per heavy atom. The first-order valence-electron chi connectivity index (χ1n) is 17.1. The van der Waals surface area contributed by atoms with Crippen molar-refractivity contribution in [3.05, 3.63) is 72.4 Å². The summed E-state index contributed by atoms with van der Waals surface area (Å²) in [5, 5.41) is 1.70. The second-order valence-corrected chi connectivity index (χ2v) is 15.6. The average Bonchev–Trinajstić information content (AvgIpc) is 3.82. The fourth-order valence-electron chi connectivity index (χ4n) is 6.80. The first kappa shape index (κ1) is 35.3. The zero-order chi connectivity index (χ0) is 37.4. The molecule has 274 valence electrons. The summed E-state index contributed by atoms with van der Waals surface area (Å²) in [7, 11) is 0. The Morgan fingerprint density at radius 1 is 0.731 bits per heavy atom. The number of hydrogen-bond acceptors (Lipinski definition) is 6. The van der Waals surface area contributed by atoms with Crippen LogP contribution in [-0.2, 0) is 9.47 Å². The first-order chi connectivity index (χ1) is 24.2. The minimum Gasteiger partial charge on any atom is -0.444 e. The Morgan fingerprint density at radius 3 is 1.85 bits per heavy atom. The average molecular weight is 721 g/mol. The minimum absolute atomic E-state index is 0.253. The van der Waals surface area contributed by atoms with Crippen molar-refractivity contribution in [1.29, 1.82) is 0 Å². The number of hydrogen-bond donors (Lipinski definition) is 2. The Balaban J connectivity index is 1.11. The van der Waals surface area contributed by atoms with Gasteiger partial charge in [-0.2, -0.15) is 0 Å². The van der Waals surface area contributed by atoms with Crippen LogP contribution in [0, 0.1) is 0 Å². The number of fused-ring (bicyclic) bond motifs is 3. The van der Waals surface area contributed by atoms with Gasteiger partial charge in [-0.15, -0.1) is 0 Å². The van der Waals surface area contributed by atoms with Gasteiger partial charge in [0.2, 0.25) is 0 Å². The molecule has 2 aliphatic heterocycles. The lowest BCUT2D eigenvalue weighted by molar-refractivity contribution is -0.00248. The standard InChI is InChI=1S/C38H40F4N6O4/c1-35(2,3)51-33(49)47-19-37(39,40)16-28(47)31-43-18-27(45-31)22-9-7-21(8-10-22)23-11-13-25-24(15-23)12-14-26-30(25)46-32(44-26)29-17-38(41,42)20-48(29)34(50)52-36(4,5)6/h7-15,18,28-29H,16-17,19-20H2,1-6H3,(H,43,45)(H,44,46)/t28-,29-/m0/s1. The summed E-state index contributed by atoms with van der Waals surface area (Å²) in [5.41, 5.74) is 2.83. The number of nitrogens with one attached hydrogen (secondary N) is 2. The fraction of sp³-hybridized carbons (Fsp3) is 0.421. The van der Waals surface area contributed by atoms with Gasteiger partial charge >= 0.3 is 12.2 Å². The third-order valence-electron chi connectivity index (χ3n) is 9.04. The van der Waals surface area contributed by atoms with Crippen LogP contribution < -0.4 is 0 Å². The molecule has 0 unspecified atom stereocenters. The molecule has 2 atom stereocenters. The summed E-state index contributed by atoms with van der Waals surface area (Å²) in [6.45, 7) is 8.61. The quantitative estimate of drug-likeness (QED) is 0.179. The Labute approximate surface area is 297 Å². The molecule has 3 aromatic carbocycles. The molecule has 0 aliphatic carbocycles. The lowest BCUT2D eigenvalue weighted by atomic mass is 9.99. The van der Waals surface area contributed by atoms with Crippen molar-refractivity contribution in [1.82, 2.24) is 29.7 Å². The molecule has 2 N–H and O–H groups in total. The topological polar surface area (TPSA) is 116 Å². The number of carbonyl (C=O) groups excluding carboxylic acids is 2. The maximum absolute atomic E-state index is 14.6. The van der Waals surface area contributed by atoms with Gasteiger partial charge in [-0.25, -0.2) is 37.1 Å². The van der Waals surface area contributed by atoms with E-state index in [2.05, 4.69) is 15.0 Å². The maximum atomic E-state index is 14.6. The fourth-order valence-corrected chi connectivity index (χ4v) is 6.80. The van der Waals surface area contributed by atoms with Crippen molar-refractivity contribution in [3.63, 3.8) is 0 Å². The molecule has 7 rings (SSSR count). The maximum Gasteiger partial charge on any atom is 0.411 e. The predicted octanol–water partition coefficient (Wildman–Crippen LogP) is 9.41. The van der Waals surface area contributed by atoms with Crippen LogP contribution in [0.5, 0.6) is 0 Å². The van der Waals surface area contributed by atoms with E-state index in [1.54, 1.807) is 47.7 Å². The van der Waals surface area contributed by atoms with E-state index in [-0.39, 0.29) is 11.6 Å². The van der Waals surface area contributed by atoms with Crippen molar-refractivity contribution >= 4 is 34.0 Å². The molecule has 2 saturated heterocycles. The first-order valence-corrected chi connectivity index (χ1v) is 17.1. The van der Waals surface area contributed by atoms with Gasteiger partial charge in [0.1, 0.15) is 22.9 Å². The number of benzene rings is 3. The zero-order valence-electron chi connectivity index (χ0n) is 29.7. The Kier molecular flexibility index (Phi) is 8.30. The number of alkyl halides is 4. The van der Waals surface area contributed by atoms with Crippen molar-refractivity contribution in [2.75, 3.05) is 13.1 Å². The number of ether oxygens (including phenoxy) is 2. The molecule has 2 aliphatic rings. The van der Waals surface area contributed by atoms with Gasteiger partial charge < -0.3 is 19.4 Å². The van der Waals surface area contributed by atoms with Crippen LogP contribution in [0.4, 0.5) is 27.2 Å². The van der Waals surface area contributed by atoms with E-state index in [9.17, 15) is 27.2 Å². The molecule has 2 aromatic heterocycles. The molecule has 52 heavy (non-hydrogen) atoms. The number of likely N-dealkylation sites (tertiary alicyclic amines) is 2. The molecule has 0 bridgehead atoms. The highest BCUT2D eigenvalue weighted by molar-refractivity contribution is 6.05. The molecular formula is C38H40F4N6O4. The Bertz CT molecular complexity index is 2170. The molecule has 4 heterocycles. The van der Waals surface area contributed by atoms with Crippen LogP contribution in [0.1, 0.15) is 78.1 Å². The highest BCUT2D eigenvalue weighted by Gasteiger charge is 2.51.